The van der Waals surface area contributed by atoms with Crippen LogP contribution in [-0.4, -0.2) is 38.0 Å². The average molecular weight is 291 g/mol. The number of carbonyl (C=O) groups excluding carboxylic acids is 1. The number of rotatable bonds is 7. The lowest BCUT2D eigenvalue weighted by atomic mass is 10.3. The average Bonchev–Trinajstić information content (AvgIpc) is 2.36. The summed E-state index contributed by atoms with van der Waals surface area (Å²) in [6.07, 6.45) is 0. The number of benzene rings is 1. The van der Waals surface area contributed by atoms with Gasteiger partial charge in [0, 0.05) is 24.3 Å². The number of methoxy groups -OCH3 is 1. The number of ether oxygens (including phenoxy) is 1. The van der Waals surface area contributed by atoms with Gasteiger partial charge in [-0.3, -0.25) is 4.79 Å². The van der Waals surface area contributed by atoms with E-state index in [1.165, 1.54) is 12.0 Å². The van der Waals surface area contributed by atoms with E-state index in [-0.39, 0.29) is 24.9 Å². The molecule has 0 heterocycles. The summed E-state index contributed by atoms with van der Waals surface area (Å²) in [4.78, 5) is 12.6. The minimum Gasteiger partial charge on any atom is -0.383 e. The third-order valence-corrected chi connectivity index (χ3v) is 3.11. The van der Waals surface area contributed by atoms with Gasteiger partial charge in [-0.25, -0.2) is 0 Å². The van der Waals surface area contributed by atoms with Gasteiger partial charge >= 0.3 is 0 Å². The summed E-state index contributed by atoms with van der Waals surface area (Å²) < 4.78 is 4.81. The number of hydrogen-bond donors (Lipinski definition) is 2. The van der Waals surface area contributed by atoms with Crippen molar-refractivity contribution in [2.75, 3.05) is 26.0 Å². The predicted octanol–water partition coefficient (Wildman–Crippen LogP) is 1.29. The molecule has 0 spiro atoms. The van der Waals surface area contributed by atoms with E-state index in [4.69, 9.17) is 10.5 Å². The molecule has 0 aliphatic heterocycles. The fourth-order valence-electron chi connectivity index (χ4n) is 1.25. The van der Waals surface area contributed by atoms with Gasteiger partial charge in [0.1, 0.15) is 6.04 Å². The maximum atomic E-state index is 11.4. The predicted molar refractivity (Wildman–Crippen MR) is 77.3 cm³/mol. The van der Waals surface area contributed by atoms with Gasteiger partial charge in [-0.1, -0.05) is 18.2 Å². The molecule has 0 radical (unpaired) electrons. The van der Waals surface area contributed by atoms with E-state index in [0.29, 0.717) is 6.54 Å². The normalized spacial score (nSPS) is 11.4. The minimum absolute atomic E-state index is 0. The molecule has 18 heavy (non-hydrogen) atoms. The SMILES string of the molecule is COCC(N)C(=O)NCCSc1ccccc1.Cl. The highest BCUT2D eigenvalue weighted by atomic mass is 35.5. The lowest BCUT2D eigenvalue weighted by molar-refractivity contribution is -0.123. The molecule has 0 fully saturated rings. The molecule has 1 unspecified atom stereocenters. The smallest absolute Gasteiger partial charge is 0.239 e. The third-order valence-electron chi connectivity index (χ3n) is 2.10. The van der Waals surface area contributed by atoms with E-state index < -0.39 is 6.04 Å². The fourth-order valence-corrected chi connectivity index (χ4v) is 2.04. The Morgan fingerprint density at radius 2 is 2.11 bits per heavy atom. The number of amides is 1. The van der Waals surface area contributed by atoms with Crippen molar-refractivity contribution in [2.24, 2.45) is 5.73 Å². The van der Waals surface area contributed by atoms with Crippen molar-refractivity contribution in [2.45, 2.75) is 10.9 Å². The maximum absolute atomic E-state index is 11.4. The molecule has 1 aromatic rings. The second-order valence-corrected chi connectivity index (χ2v) is 4.68. The lowest BCUT2D eigenvalue weighted by Gasteiger charge is -2.10. The molecule has 1 aromatic carbocycles. The molecule has 102 valence electrons. The summed E-state index contributed by atoms with van der Waals surface area (Å²) in [7, 11) is 1.53. The highest BCUT2D eigenvalue weighted by Crippen LogP contribution is 2.15. The van der Waals surface area contributed by atoms with Crippen LogP contribution in [0, 0.1) is 0 Å². The summed E-state index contributed by atoms with van der Waals surface area (Å²) in [5, 5.41) is 2.77. The van der Waals surface area contributed by atoms with Gasteiger partial charge < -0.3 is 15.8 Å². The van der Waals surface area contributed by atoms with Gasteiger partial charge in [-0.2, -0.15) is 0 Å². The van der Waals surface area contributed by atoms with Crippen molar-refractivity contribution in [3.05, 3.63) is 30.3 Å². The number of hydrogen-bond acceptors (Lipinski definition) is 4. The van der Waals surface area contributed by atoms with E-state index in [2.05, 4.69) is 5.32 Å². The van der Waals surface area contributed by atoms with E-state index >= 15 is 0 Å². The highest BCUT2D eigenvalue weighted by Gasteiger charge is 2.11. The van der Waals surface area contributed by atoms with Crippen LogP contribution in [0.25, 0.3) is 0 Å². The van der Waals surface area contributed by atoms with Crippen LogP contribution in [0.2, 0.25) is 0 Å². The molecule has 0 aliphatic carbocycles. The second kappa shape index (κ2) is 10.2. The van der Waals surface area contributed by atoms with Crippen molar-refractivity contribution in [3.63, 3.8) is 0 Å². The Kier molecular flexibility index (Phi) is 9.77. The number of halogens is 1. The number of thioether (sulfide) groups is 1. The molecule has 3 N–H and O–H groups in total. The molecule has 0 aromatic heterocycles. The molecular formula is C12H19ClN2O2S. The molecule has 4 nitrogen and oxygen atoms in total. The summed E-state index contributed by atoms with van der Waals surface area (Å²) in [5.41, 5.74) is 5.58. The van der Waals surface area contributed by atoms with Gasteiger partial charge in [0.15, 0.2) is 0 Å². The molecule has 1 rings (SSSR count). The quantitative estimate of drug-likeness (QED) is 0.587. The van der Waals surface area contributed by atoms with Crippen molar-refractivity contribution in [3.8, 4) is 0 Å². The van der Waals surface area contributed by atoms with Gasteiger partial charge in [0.25, 0.3) is 0 Å². The number of nitrogens with one attached hydrogen (secondary N) is 1. The first kappa shape index (κ1) is 17.2. The van der Waals surface area contributed by atoms with Crippen LogP contribution in [0.3, 0.4) is 0 Å². The van der Waals surface area contributed by atoms with Crippen molar-refractivity contribution in [1.82, 2.24) is 5.32 Å². The zero-order chi connectivity index (χ0) is 12.5. The van der Waals surface area contributed by atoms with Crippen LogP contribution < -0.4 is 11.1 Å². The van der Waals surface area contributed by atoms with Gasteiger partial charge in [-0.15, -0.1) is 24.2 Å². The van der Waals surface area contributed by atoms with Crippen LogP contribution in [0.1, 0.15) is 0 Å². The fraction of sp³-hybridized carbons (Fsp3) is 0.417. The Morgan fingerprint density at radius 3 is 2.72 bits per heavy atom. The zero-order valence-corrected chi connectivity index (χ0v) is 11.9. The Hall–Kier alpha value is -0.750. The van der Waals surface area contributed by atoms with Gasteiger partial charge in [-0.05, 0) is 12.1 Å². The summed E-state index contributed by atoms with van der Waals surface area (Å²) in [5.74, 6) is 0.663. The Morgan fingerprint density at radius 1 is 1.44 bits per heavy atom. The molecular weight excluding hydrogens is 272 g/mol. The van der Waals surface area contributed by atoms with E-state index in [1.807, 2.05) is 30.3 Å². The first-order chi connectivity index (χ1) is 8.24. The second-order valence-electron chi connectivity index (χ2n) is 3.51. The Labute approximate surface area is 118 Å². The van der Waals surface area contributed by atoms with Crippen molar-refractivity contribution >= 4 is 30.1 Å². The van der Waals surface area contributed by atoms with Gasteiger partial charge in [0.2, 0.25) is 5.91 Å². The molecule has 0 saturated heterocycles. The Bertz CT molecular complexity index is 338. The monoisotopic (exact) mass is 290 g/mol. The molecule has 0 saturated carbocycles. The molecule has 0 bridgehead atoms. The van der Waals surface area contributed by atoms with E-state index in [9.17, 15) is 4.79 Å². The number of nitrogens with two attached hydrogens (primary N) is 1. The molecule has 1 atom stereocenters. The van der Waals surface area contributed by atoms with Crippen LogP contribution in [0.4, 0.5) is 0 Å². The number of carbonyl (C=O) groups is 1. The largest absolute Gasteiger partial charge is 0.383 e. The third kappa shape index (κ3) is 6.86. The van der Waals surface area contributed by atoms with E-state index in [0.717, 1.165) is 5.75 Å². The van der Waals surface area contributed by atoms with Crippen molar-refractivity contribution in [1.29, 1.82) is 0 Å². The van der Waals surface area contributed by atoms with E-state index in [1.54, 1.807) is 11.8 Å². The lowest BCUT2D eigenvalue weighted by Crippen LogP contribution is -2.44. The minimum atomic E-state index is -0.582. The maximum Gasteiger partial charge on any atom is 0.239 e. The van der Waals surface area contributed by atoms with Crippen LogP contribution >= 0.6 is 24.2 Å². The topological polar surface area (TPSA) is 64.3 Å². The van der Waals surface area contributed by atoms with Crippen LogP contribution in [0.5, 0.6) is 0 Å². The summed E-state index contributed by atoms with van der Waals surface area (Å²) in [6, 6.07) is 9.48. The summed E-state index contributed by atoms with van der Waals surface area (Å²) in [6.45, 7) is 0.855. The Balaban J connectivity index is 0.00000289. The van der Waals surface area contributed by atoms with Crippen molar-refractivity contribution < 1.29 is 9.53 Å². The summed E-state index contributed by atoms with van der Waals surface area (Å²) >= 11 is 1.70. The highest BCUT2D eigenvalue weighted by molar-refractivity contribution is 7.99. The molecule has 1 amide bonds. The molecule has 6 heteroatoms. The zero-order valence-electron chi connectivity index (χ0n) is 10.3. The van der Waals surface area contributed by atoms with Crippen LogP contribution in [-0.2, 0) is 9.53 Å². The van der Waals surface area contributed by atoms with Gasteiger partial charge in [0.05, 0.1) is 6.61 Å². The first-order valence-corrected chi connectivity index (χ1v) is 6.42. The molecule has 0 aliphatic rings. The van der Waals surface area contributed by atoms with Crippen LogP contribution in [0.15, 0.2) is 35.2 Å². The first-order valence-electron chi connectivity index (χ1n) is 5.44. The standard InChI is InChI=1S/C12H18N2O2S.ClH/c1-16-9-11(13)12(15)14-7-8-17-10-5-3-2-4-6-10;/h2-6,11H,7-9,13H2,1H3,(H,14,15);1H.